The number of carbonyl (C=O) groups is 2. The molecule has 0 unspecified atom stereocenters. The third-order valence-electron chi connectivity index (χ3n) is 4.72. The second-order valence-electron chi connectivity index (χ2n) is 7.98. The molecule has 1 atom stereocenters. The quantitative estimate of drug-likeness (QED) is 0.700. The van der Waals surface area contributed by atoms with Gasteiger partial charge in [-0.25, -0.2) is 0 Å². The van der Waals surface area contributed by atoms with E-state index in [-0.39, 0.29) is 22.4 Å². The van der Waals surface area contributed by atoms with Gasteiger partial charge < -0.3 is 16.4 Å². The summed E-state index contributed by atoms with van der Waals surface area (Å²) >= 11 is 6.74. The van der Waals surface area contributed by atoms with E-state index >= 15 is 0 Å². The van der Waals surface area contributed by atoms with Gasteiger partial charge in [-0.2, -0.15) is 0 Å². The van der Waals surface area contributed by atoms with E-state index in [1.165, 1.54) is 16.2 Å². The number of hydrogen-bond acceptors (Lipinski definition) is 4. The zero-order valence-electron chi connectivity index (χ0n) is 15.5. The molecule has 0 aliphatic heterocycles. The smallest absolute Gasteiger partial charge is 0.251 e. The van der Waals surface area contributed by atoms with Gasteiger partial charge in [-0.1, -0.05) is 34.6 Å². The first kappa shape index (κ1) is 19.8. The molecule has 1 heterocycles. The summed E-state index contributed by atoms with van der Waals surface area (Å²) in [4.78, 5) is 25.0. The molecule has 2 rings (SSSR count). The van der Waals surface area contributed by atoms with Crippen molar-refractivity contribution in [1.82, 2.24) is 5.32 Å². The van der Waals surface area contributed by atoms with Gasteiger partial charge >= 0.3 is 0 Å². The first-order chi connectivity index (χ1) is 11.5. The van der Waals surface area contributed by atoms with Gasteiger partial charge in [-0.3, -0.25) is 9.59 Å². The lowest BCUT2D eigenvalue weighted by Crippen LogP contribution is -2.36. The Morgan fingerprint density at radius 1 is 1.32 bits per heavy atom. The van der Waals surface area contributed by atoms with E-state index in [1.807, 2.05) is 0 Å². The zero-order chi connectivity index (χ0) is 18.9. The van der Waals surface area contributed by atoms with Crippen molar-refractivity contribution in [3.8, 4) is 0 Å². The highest BCUT2D eigenvalue weighted by Gasteiger charge is 2.33. The Labute approximate surface area is 158 Å². The fraction of sp³-hybridized carbons (Fsp3) is 0.611. The van der Waals surface area contributed by atoms with Gasteiger partial charge in [0.05, 0.1) is 5.56 Å². The molecule has 2 amide bonds. The largest absolute Gasteiger partial charge is 0.365 e. The number of hydrogen-bond donors (Lipinski definition) is 3. The Balaban J connectivity index is 2.25. The van der Waals surface area contributed by atoms with E-state index < -0.39 is 5.91 Å². The fourth-order valence-electron chi connectivity index (χ4n) is 3.06. The molecule has 25 heavy (non-hydrogen) atoms. The highest BCUT2D eigenvalue weighted by Crippen LogP contribution is 2.44. The van der Waals surface area contributed by atoms with Crippen LogP contribution >= 0.6 is 23.6 Å². The number of amides is 2. The molecule has 0 radical (unpaired) electrons. The van der Waals surface area contributed by atoms with Crippen LogP contribution in [0.3, 0.4) is 0 Å². The van der Waals surface area contributed by atoms with Crippen LogP contribution in [0.15, 0.2) is 0 Å². The Kier molecular flexibility index (Phi) is 5.89. The number of rotatable bonds is 3. The number of thiophene rings is 1. The van der Waals surface area contributed by atoms with Crippen molar-refractivity contribution >= 4 is 45.5 Å². The lowest BCUT2D eigenvalue weighted by molar-refractivity contribution is -0.122. The summed E-state index contributed by atoms with van der Waals surface area (Å²) in [6.45, 7) is 10.3. The van der Waals surface area contributed by atoms with Gasteiger partial charge in [-0.15, -0.1) is 11.3 Å². The third kappa shape index (κ3) is 4.58. The summed E-state index contributed by atoms with van der Waals surface area (Å²) in [5, 5.41) is 6.49. The van der Waals surface area contributed by atoms with Crippen LogP contribution in [0.2, 0.25) is 0 Å². The molecule has 1 aliphatic rings. The second-order valence-corrected chi connectivity index (χ2v) is 9.49. The van der Waals surface area contributed by atoms with Gasteiger partial charge in [0, 0.05) is 10.8 Å². The molecule has 1 aromatic rings. The molecule has 138 valence electrons. The minimum absolute atomic E-state index is 0.160. The summed E-state index contributed by atoms with van der Waals surface area (Å²) in [6.07, 6.45) is 2.83. The van der Waals surface area contributed by atoms with Gasteiger partial charge in [0.25, 0.3) is 5.91 Å². The zero-order valence-corrected chi connectivity index (χ0v) is 17.1. The van der Waals surface area contributed by atoms with Crippen molar-refractivity contribution in [3.05, 3.63) is 16.0 Å². The van der Waals surface area contributed by atoms with Gasteiger partial charge in [0.15, 0.2) is 5.11 Å². The van der Waals surface area contributed by atoms with Crippen LogP contribution in [0.5, 0.6) is 0 Å². The van der Waals surface area contributed by atoms with Crippen molar-refractivity contribution in [1.29, 1.82) is 0 Å². The molecule has 1 aromatic heterocycles. The lowest BCUT2D eigenvalue weighted by atomic mass is 9.72. The highest BCUT2D eigenvalue weighted by atomic mass is 32.1. The van der Waals surface area contributed by atoms with E-state index in [9.17, 15) is 9.59 Å². The molecule has 0 saturated heterocycles. The molecule has 0 bridgehead atoms. The maximum atomic E-state index is 12.0. The van der Waals surface area contributed by atoms with Crippen molar-refractivity contribution in [2.75, 3.05) is 5.32 Å². The first-order valence-corrected chi connectivity index (χ1v) is 9.79. The van der Waals surface area contributed by atoms with E-state index in [0.717, 1.165) is 24.8 Å². The highest BCUT2D eigenvalue weighted by molar-refractivity contribution is 7.80. The minimum atomic E-state index is -0.452. The van der Waals surface area contributed by atoms with E-state index in [4.69, 9.17) is 18.0 Å². The monoisotopic (exact) mass is 381 g/mol. The van der Waals surface area contributed by atoms with Gasteiger partial charge in [-0.05, 0) is 48.4 Å². The predicted molar refractivity (Wildman–Crippen MR) is 107 cm³/mol. The minimum Gasteiger partial charge on any atom is -0.365 e. The van der Waals surface area contributed by atoms with Crippen molar-refractivity contribution in [3.63, 3.8) is 0 Å². The second kappa shape index (κ2) is 7.41. The molecule has 0 saturated carbocycles. The van der Waals surface area contributed by atoms with Crippen LogP contribution in [-0.2, 0) is 17.6 Å². The normalized spacial score (nSPS) is 17.1. The number of anilines is 1. The average Bonchev–Trinajstić information content (AvgIpc) is 2.82. The molecule has 0 fully saturated rings. The van der Waals surface area contributed by atoms with Crippen LogP contribution < -0.4 is 16.4 Å². The molecule has 4 N–H and O–H groups in total. The topological polar surface area (TPSA) is 84.2 Å². The van der Waals surface area contributed by atoms with E-state index in [2.05, 4.69) is 31.4 Å². The summed E-state index contributed by atoms with van der Waals surface area (Å²) in [7, 11) is 0. The van der Waals surface area contributed by atoms with Crippen LogP contribution in [0.1, 0.15) is 61.8 Å². The lowest BCUT2D eigenvalue weighted by Gasteiger charge is -2.33. The maximum absolute atomic E-state index is 12.0. The van der Waals surface area contributed by atoms with Crippen molar-refractivity contribution in [2.45, 2.75) is 53.9 Å². The van der Waals surface area contributed by atoms with E-state index in [0.29, 0.717) is 16.5 Å². The fourth-order valence-corrected chi connectivity index (χ4v) is 4.67. The van der Waals surface area contributed by atoms with E-state index in [1.54, 1.807) is 13.8 Å². The number of nitrogens with one attached hydrogen (secondary N) is 2. The standard InChI is InChI=1S/C18H27N3O2S2/c1-9(2)15(23)20-17(24)21-16-13(14(19)22)11-7-6-10(18(3,4)5)8-12(11)25-16/h9-10H,6-8H2,1-5H3,(H2,19,22)(H2,20,21,23,24)/t10-/m0/s1. The molecule has 7 heteroatoms. The number of fused-ring (bicyclic) bond motifs is 1. The summed E-state index contributed by atoms with van der Waals surface area (Å²) in [6, 6.07) is 0. The number of primary amides is 1. The predicted octanol–water partition coefficient (Wildman–Crippen LogP) is 3.47. The Hall–Kier alpha value is -1.47. The summed E-state index contributed by atoms with van der Waals surface area (Å²) in [5.41, 5.74) is 7.41. The average molecular weight is 382 g/mol. The Morgan fingerprint density at radius 2 is 1.96 bits per heavy atom. The summed E-state index contributed by atoms with van der Waals surface area (Å²) < 4.78 is 0. The third-order valence-corrected chi connectivity index (χ3v) is 6.10. The Bertz CT molecular complexity index is 702. The number of thiocarbonyl (C=S) groups is 1. The first-order valence-electron chi connectivity index (χ1n) is 8.56. The van der Waals surface area contributed by atoms with Crippen LogP contribution in [0.4, 0.5) is 5.00 Å². The maximum Gasteiger partial charge on any atom is 0.251 e. The number of nitrogens with two attached hydrogens (primary N) is 1. The molecule has 1 aliphatic carbocycles. The number of carbonyl (C=O) groups excluding carboxylic acids is 2. The Morgan fingerprint density at radius 3 is 2.48 bits per heavy atom. The molecule has 0 aromatic carbocycles. The van der Waals surface area contributed by atoms with Crippen LogP contribution in [0, 0.1) is 17.3 Å². The molecule has 0 spiro atoms. The molecular weight excluding hydrogens is 354 g/mol. The molecule has 5 nitrogen and oxygen atoms in total. The van der Waals surface area contributed by atoms with Crippen molar-refractivity contribution < 1.29 is 9.59 Å². The SMILES string of the molecule is CC(C)C(=O)NC(=S)Nc1sc2c(c1C(N)=O)CC[C@H](C(C)(C)C)C2. The van der Waals surface area contributed by atoms with Gasteiger partial charge in [0.1, 0.15) is 5.00 Å². The van der Waals surface area contributed by atoms with Crippen LogP contribution in [-0.4, -0.2) is 16.9 Å². The molecular formula is C18H27N3O2S2. The van der Waals surface area contributed by atoms with Gasteiger partial charge in [0.2, 0.25) is 5.91 Å². The van der Waals surface area contributed by atoms with Crippen LogP contribution in [0.25, 0.3) is 0 Å². The summed E-state index contributed by atoms with van der Waals surface area (Å²) in [5.74, 6) is -0.210. The van der Waals surface area contributed by atoms with Crippen molar-refractivity contribution in [2.24, 2.45) is 23.0 Å².